The van der Waals surface area contributed by atoms with Gasteiger partial charge in [-0.3, -0.25) is 4.79 Å². The number of benzene rings is 1. The quantitative estimate of drug-likeness (QED) is 0.781. The first-order chi connectivity index (χ1) is 9.08. The summed E-state index contributed by atoms with van der Waals surface area (Å²) in [5.41, 5.74) is 0.989. The van der Waals surface area contributed by atoms with Crippen LogP contribution >= 0.6 is 15.9 Å². The largest absolute Gasteiger partial charge is 0.496 e. The minimum Gasteiger partial charge on any atom is -0.496 e. The highest BCUT2D eigenvalue weighted by Crippen LogP contribution is 2.23. The molecule has 1 N–H and O–H groups in total. The zero-order valence-corrected chi connectivity index (χ0v) is 13.3. The Bertz CT molecular complexity index is 424. The predicted molar refractivity (Wildman–Crippen MR) is 80.3 cm³/mol. The van der Waals surface area contributed by atoms with Gasteiger partial charge >= 0.3 is 0 Å². The molecule has 0 saturated heterocycles. The molecular formula is C14H21BrN2O2. The molecule has 106 valence electrons. The standard InChI is InChI=1S/C14H21BrN2O2/c1-4-7-16-9-14(18)17(2)10-11-8-12(15)5-6-13(11)19-3/h5-6,8,16H,4,7,9-10H2,1-3H3. The zero-order chi connectivity index (χ0) is 14.3. The second-order valence-corrected chi connectivity index (χ2v) is 5.30. The van der Waals surface area contributed by atoms with Crippen LogP contribution in [0.1, 0.15) is 18.9 Å². The van der Waals surface area contributed by atoms with Gasteiger partial charge in [0.2, 0.25) is 5.91 Å². The van der Waals surface area contributed by atoms with E-state index in [1.54, 1.807) is 19.1 Å². The van der Waals surface area contributed by atoms with Crippen LogP contribution < -0.4 is 10.1 Å². The van der Waals surface area contributed by atoms with Crippen LogP contribution in [0.15, 0.2) is 22.7 Å². The number of carbonyl (C=O) groups is 1. The smallest absolute Gasteiger partial charge is 0.236 e. The second kappa shape index (κ2) is 8.17. The number of rotatable bonds is 7. The zero-order valence-electron chi connectivity index (χ0n) is 11.7. The van der Waals surface area contributed by atoms with Crippen molar-refractivity contribution in [2.45, 2.75) is 19.9 Å². The number of nitrogens with one attached hydrogen (secondary N) is 1. The van der Waals surface area contributed by atoms with E-state index in [0.717, 1.165) is 28.8 Å². The number of hydrogen-bond acceptors (Lipinski definition) is 3. The summed E-state index contributed by atoms with van der Waals surface area (Å²) in [6, 6.07) is 5.79. The lowest BCUT2D eigenvalue weighted by Crippen LogP contribution is -2.35. The third-order valence-corrected chi connectivity index (χ3v) is 3.27. The van der Waals surface area contributed by atoms with Crippen LogP contribution in [-0.4, -0.2) is 38.1 Å². The Morgan fingerprint density at radius 3 is 2.84 bits per heavy atom. The summed E-state index contributed by atoms with van der Waals surface area (Å²) in [5.74, 6) is 0.875. The van der Waals surface area contributed by atoms with Crippen LogP contribution in [0.4, 0.5) is 0 Å². The summed E-state index contributed by atoms with van der Waals surface area (Å²) < 4.78 is 6.28. The average Bonchev–Trinajstić information content (AvgIpc) is 2.39. The summed E-state index contributed by atoms with van der Waals surface area (Å²) in [4.78, 5) is 13.6. The Morgan fingerprint density at radius 2 is 2.21 bits per heavy atom. The van der Waals surface area contributed by atoms with Gasteiger partial charge in [-0.25, -0.2) is 0 Å². The third kappa shape index (κ3) is 5.20. The Kier molecular flexibility index (Phi) is 6.87. The fourth-order valence-corrected chi connectivity index (χ4v) is 2.13. The minimum atomic E-state index is 0.0791. The molecule has 1 aromatic rings. The molecule has 0 saturated carbocycles. The molecule has 19 heavy (non-hydrogen) atoms. The highest BCUT2D eigenvalue weighted by molar-refractivity contribution is 9.10. The Balaban J connectivity index is 2.62. The lowest BCUT2D eigenvalue weighted by atomic mass is 10.2. The first kappa shape index (κ1) is 16.0. The molecule has 0 unspecified atom stereocenters. The van der Waals surface area contributed by atoms with E-state index < -0.39 is 0 Å². The fourth-order valence-electron chi connectivity index (χ4n) is 1.72. The van der Waals surface area contributed by atoms with E-state index in [1.807, 2.05) is 18.2 Å². The number of nitrogens with zero attached hydrogens (tertiary/aromatic N) is 1. The van der Waals surface area contributed by atoms with E-state index in [9.17, 15) is 4.79 Å². The third-order valence-electron chi connectivity index (χ3n) is 2.78. The maximum atomic E-state index is 11.9. The van der Waals surface area contributed by atoms with Gasteiger partial charge in [-0.1, -0.05) is 22.9 Å². The van der Waals surface area contributed by atoms with Crippen LogP contribution in [-0.2, 0) is 11.3 Å². The van der Waals surface area contributed by atoms with Gasteiger partial charge in [-0.15, -0.1) is 0 Å². The molecule has 0 atom stereocenters. The van der Waals surface area contributed by atoms with Crippen LogP contribution in [0.5, 0.6) is 5.75 Å². The van der Waals surface area contributed by atoms with Gasteiger partial charge in [0.05, 0.1) is 13.7 Å². The summed E-state index contributed by atoms with van der Waals surface area (Å²) in [7, 11) is 3.44. The van der Waals surface area contributed by atoms with Gasteiger partial charge in [-0.05, 0) is 31.2 Å². The fraction of sp³-hybridized carbons (Fsp3) is 0.500. The van der Waals surface area contributed by atoms with Crippen molar-refractivity contribution in [2.75, 3.05) is 27.2 Å². The lowest BCUT2D eigenvalue weighted by Gasteiger charge is -2.19. The summed E-state index contributed by atoms with van der Waals surface area (Å²) in [6.07, 6.45) is 1.02. The van der Waals surface area contributed by atoms with E-state index in [2.05, 4.69) is 28.2 Å². The van der Waals surface area contributed by atoms with Crippen molar-refractivity contribution in [2.24, 2.45) is 0 Å². The van der Waals surface area contributed by atoms with E-state index in [4.69, 9.17) is 4.74 Å². The molecule has 5 heteroatoms. The maximum absolute atomic E-state index is 11.9. The number of methoxy groups -OCH3 is 1. The van der Waals surface area contributed by atoms with Gasteiger partial charge in [-0.2, -0.15) is 0 Å². The number of hydrogen-bond donors (Lipinski definition) is 1. The van der Waals surface area contributed by atoms with Gasteiger partial charge in [0.1, 0.15) is 5.75 Å². The molecule has 0 radical (unpaired) electrons. The molecule has 4 nitrogen and oxygen atoms in total. The predicted octanol–water partition coefficient (Wildman–Crippen LogP) is 2.42. The van der Waals surface area contributed by atoms with Crippen molar-refractivity contribution in [3.63, 3.8) is 0 Å². The van der Waals surface area contributed by atoms with Gasteiger partial charge < -0.3 is 15.0 Å². The van der Waals surface area contributed by atoms with Crippen molar-refractivity contribution in [3.05, 3.63) is 28.2 Å². The number of halogens is 1. The number of amides is 1. The molecule has 0 bridgehead atoms. The van der Waals surface area contributed by atoms with Crippen molar-refractivity contribution < 1.29 is 9.53 Å². The molecule has 1 aromatic carbocycles. The van der Waals surface area contributed by atoms with E-state index in [0.29, 0.717) is 13.1 Å². The molecule has 1 rings (SSSR count). The molecule has 0 aliphatic heterocycles. The molecule has 0 aromatic heterocycles. The Hall–Kier alpha value is -1.07. The molecule has 1 amide bonds. The van der Waals surface area contributed by atoms with Gasteiger partial charge in [0.25, 0.3) is 0 Å². The maximum Gasteiger partial charge on any atom is 0.236 e. The highest BCUT2D eigenvalue weighted by atomic mass is 79.9. The van der Waals surface area contributed by atoms with Crippen molar-refractivity contribution in [1.29, 1.82) is 0 Å². The highest BCUT2D eigenvalue weighted by Gasteiger charge is 2.11. The Morgan fingerprint density at radius 1 is 1.47 bits per heavy atom. The Labute approximate surface area is 123 Å². The number of likely N-dealkylation sites (N-methyl/N-ethyl adjacent to an activating group) is 1. The number of carbonyl (C=O) groups excluding carboxylic acids is 1. The molecule has 0 aliphatic carbocycles. The summed E-state index contributed by atoms with van der Waals surface area (Å²) >= 11 is 3.43. The second-order valence-electron chi connectivity index (χ2n) is 4.38. The van der Waals surface area contributed by atoms with Crippen molar-refractivity contribution >= 4 is 21.8 Å². The normalized spacial score (nSPS) is 10.3. The lowest BCUT2D eigenvalue weighted by molar-refractivity contribution is -0.129. The first-order valence-electron chi connectivity index (χ1n) is 6.35. The molecule has 0 heterocycles. The minimum absolute atomic E-state index is 0.0791. The molecule has 0 fully saturated rings. The van der Waals surface area contributed by atoms with Crippen LogP contribution in [0.25, 0.3) is 0 Å². The molecule has 0 aliphatic rings. The first-order valence-corrected chi connectivity index (χ1v) is 7.14. The van der Waals surface area contributed by atoms with E-state index in [1.165, 1.54) is 0 Å². The average molecular weight is 329 g/mol. The topological polar surface area (TPSA) is 41.6 Å². The molecule has 0 spiro atoms. The van der Waals surface area contributed by atoms with Crippen molar-refractivity contribution in [1.82, 2.24) is 10.2 Å². The monoisotopic (exact) mass is 328 g/mol. The SMILES string of the molecule is CCCNCC(=O)N(C)Cc1cc(Br)ccc1OC. The number of ether oxygens (including phenoxy) is 1. The van der Waals surface area contributed by atoms with E-state index >= 15 is 0 Å². The van der Waals surface area contributed by atoms with Crippen LogP contribution in [0.3, 0.4) is 0 Å². The summed E-state index contributed by atoms with van der Waals surface area (Å²) in [5, 5.41) is 3.11. The van der Waals surface area contributed by atoms with Gasteiger partial charge in [0, 0.05) is 23.6 Å². The van der Waals surface area contributed by atoms with E-state index in [-0.39, 0.29) is 5.91 Å². The summed E-state index contributed by atoms with van der Waals surface area (Å²) in [6.45, 7) is 3.85. The van der Waals surface area contributed by atoms with Crippen LogP contribution in [0.2, 0.25) is 0 Å². The van der Waals surface area contributed by atoms with Crippen molar-refractivity contribution in [3.8, 4) is 5.75 Å². The van der Waals surface area contributed by atoms with Gasteiger partial charge in [0.15, 0.2) is 0 Å². The van der Waals surface area contributed by atoms with Crippen LogP contribution in [0, 0.1) is 0 Å². The molecular weight excluding hydrogens is 308 g/mol.